The van der Waals surface area contributed by atoms with Crippen molar-refractivity contribution >= 4 is 6.08 Å². The van der Waals surface area contributed by atoms with E-state index < -0.39 is 12.3 Å². The highest BCUT2D eigenvalue weighted by Gasteiger charge is 2.17. The zero-order chi connectivity index (χ0) is 16.9. The molecule has 3 aromatic rings. The molecule has 24 heavy (non-hydrogen) atoms. The smallest absolute Gasteiger partial charge is 0.314 e. The molecule has 0 unspecified atom stereocenters. The third-order valence-electron chi connectivity index (χ3n) is 3.28. The molecule has 0 bridgehead atoms. The normalized spacial score (nSPS) is 11.5. The van der Waals surface area contributed by atoms with Crippen LogP contribution in [0.2, 0.25) is 0 Å². The SMILES string of the molecule is O=c1cc(-c2nnc(C(F)F)o2)ccn1CC=Cc1ccccc1. The Morgan fingerprint density at radius 3 is 2.62 bits per heavy atom. The highest BCUT2D eigenvalue weighted by atomic mass is 19.3. The van der Waals surface area contributed by atoms with E-state index in [2.05, 4.69) is 10.2 Å². The summed E-state index contributed by atoms with van der Waals surface area (Å²) in [7, 11) is 0. The number of rotatable bonds is 5. The van der Waals surface area contributed by atoms with Crippen LogP contribution in [-0.2, 0) is 6.54 Å². The molecular formula is C17H13F2N3O2. The van der Waals surface area contributed by atoms with E-state index in [1.807, 2.05) is 42.5 Å². The first kappa shape index (κ1) is 15.8. The van der Waals surface area contributed by atoms with E-state index in [-0.39, 0.29) is 11.4 Å². The van der Waals surface area contributed by atoms with Crippen LogP contribution in [0.4, 0.5) is 8.78 Å². The number of hydrogen-bond donors (Lipinski definition) is 0. The Balaban J connectivity index is 1.75. The molecule has 2 heterocycles. The van der Waals surface area contributed by atoms with Gasteiger partial charge in [0.25, 0.3) is 11.4 Å². The molecule has 0 spiro atoms. The summed E-state index contributed by atoms with van der Waals surface area (Å²) in [6, 6.07) is 12.5. The number of pyridine rings is 1. The van der Waals surface area contributed by atoms with Gasteiger partial charge in [0.2, 0.25) is 5.89 Å². The van der Waals surface area contributed by atoms with Gasteiger partial charge in [-0.3, -0.25) is 4.79 Å². The maximum absolute atomic E-state index is 12.4. The Kier molecular flexibility index (Phi) is 4.60. The first-order valence-corrected chi connectivity index (χ1v) is 7.17. The minimum Gasteiger partial charge on any atom is -0.415 e. The lowest BCUT2D eigenvalue weighted by Gasteiger charge is -2.02. The number of alkyl halides is 2. The lowest BCUT2D eigenvalue weighted by molar-refractivity contribution is 0.116. The summed E-state index contributed by atoms with van der Waals surface area (Å²) in [5, 5.41) is 6.76. The molecular weight excluding hydrogens is 316 g/mol. The molecule has 0 saturated carbocycles. The maximum Gasteiger partial charge on any atom is 0.314 e. The summed E-state index contributed by atoms with van der Waals surface area (Å²) >= 11 is 0. The van der Waals surface area contributed by atoms with E-state index in [0.717, 1.165) is 5.56 Å². The third kappa shape index (κ3) is 3.62. The van der Waals surface area contributed by atoms with Gasteiger partial charge in [-0.25, -0.2) is 0 Å². The van der Waals surface area contributed by atoms with Crippen molar-refractivity contribution in [2.45, 2.75) is 13.0 Å². The fourth-order valence-corrected chi connectivity index (χ4v) is 2.10. The van der Waals surface area contributed by atoms with Crippen molar-refractivity contribution in [3.05, 3.63) is 76.5 Å². The lowest BCUT2D eigenvalue weighted by Crippen LogP contribution is -2.17. The van der Waals surface area contributed by atoms with Crippen molar-refractivity contribution < 1.29 is 13.2 Å². The maximum atomic E-state index is 12.4. The number of halogens is 2. The molecule has 5 nitrogen and oxygen atoms in total. The molecule has 0 fully saturated rings. The molecule has 0 amide bonds. The Hall–Kier alpha value is -3.09. The first-order valence-electron chi connectivity index (χ1n) is 7.17. The monoisotopic (exact) mass is 329 g/mol. The van der Waals surface area contributed by atoms with Crippen molar-refractivity contribution in [2.24, 2.45) is 0 Å². The van der Waals surface area contributed by atoms with Gasteiger partial charge in [-0.1, -0.05) is 42.5 Å². The van der Waals surface area contributed by atoms with E-state index >= 15 is 0 Å². The molecule has 1 aromatic carbocycles. The minimum absolute atomic E-state index is 0.102. The highest BCUT2D eigenvalue weighted by Crippen LogP contribution is 2.22. The van der Waals surface area contributed by atoms with Gasteiger partial charge in [0.05, 0.1) is 0 Å². The number of aromatic nitrogens is 3. The fraction of sp³-hybridized carbons (Fsp3) is 0.118. The molecule has 0 aliphatic rings. The summed E-state index contributed by atoms with van der Waals surface area (Å²) in [6.07, 6.45) is 2.49. The Morgan fingerprint density at radius 2 is 1.96 bits per heavy atom. The topological polar surface area (TPSA) is 60.9 Å². The number of nitrogens with zero attached hydrogens (tertiary/aromatic N) is 3. The van der Waals surface area contributed by atoms with Crippen LogP contribution in [0.1, 0.15) is 17.9 Å². The lowest BCUT2D eigenvalue weighted by atomic mass is 10.2. The van der Waals surface area contributed by atoms with Gasteiger partial charge in [0.1, 0.15) is 0 Å². The third-order valence-corrected chi connectivity index (χ3v) is 3.28. The molecule has 3 rings (SSSR count). The molecule has 0 aliphatic carbocycles. The van der Waals surface area contributed by atoms with Crippen molar-refractivity contribution in [3.8, 4) is 11.5 Å². The van der Waals surface area contributed by atoms with Crippen LogP contribution in [0.25, 0.3) is 17.5 Å². The number of hydrogen-bond acceptors (Lipinski definition) is 4. The first-order chi connectivity index (χ1) is 11.6. The van der Waals surface area contributed by atoms with Gasteiger partial charge in [-0.15, -0.1) is 10.2 Å². The Labute approximate surface area is 135 Å². The van der Waals surface area contributed by atoms with Crippen LogP contribution in [0.15, 0.2) is 63.9 Å². The van der Waals surface area contributed by atoms with Crippen LogP contribution in [0, 0.1) is 0 Å². The average molecular weight is 329 g/mol. The van der Waals surface area contributed by atoms with E-state index in [9.17, 15) is 13.6 Å². The zero-order valence-electron chi connectivity index (χ0n) is 12.5. The predicted octanol–water partition coefficient (Wildman–Crippen LogP) is 3.55. The van der Waals surface area contributed by atoms with Crippen molar-refractivity contribution in [1.29, 1.82) is 0 Å². The predicted molar refractivity (Wildman–Crippen MR) is 84.4 cm³/mol. The van der Waals surface area contributed by atoms with Crippen LogP contribution in [0.5, 0.6) is 0 Å². The Bertz CT molecular complexity index is 901. The van der Waals surface area contributed by atoms with Gasteiger partial charge >= 0.3 is 6.43 Å². The average Bonchev–Trinajstić information content (AvgIpc) is 3.08. The van der Waals surface area contributed by atoms with Crippen LogP contribution < -0.4 is 5.56 Å². The second kappa shape index (κ2) is 6.99. The second-order valence-corrected chi connectivity index (χ2v) is 4.97. The molecule has 0 aliphatic heterocycles. The van der Waals surface area contributed by atoms with Crippen LogP contribution in [-0.4, -0.2) is 14.8 Å². The molecule has 0 N–H and O–H groups in total. The van der Waals surface area contributed by atoms with Gasteiger partial charge in [-0.2, -0.15) is 8.78 Å². The summed E-state index contributed by atoms with van der Waals surface area (Å²) < 4.78 is 31.2. The summed E-state index contributed by atoms with van der Waals surface area (Å²) in [5.41, 5.74) is 1.05. The van der Waals surface area contributed by atoms with Crippen LogP contribution >= 0.6 is 0 Å². The van der Waals surface area contributed by atoms with Gasteiger partial charge in [-0.05, 0) is 11.6 Å². The summed E-state index contributed by atoms with van der Waals surface area (Å²) in [6.45, 7) is 0.389. The zero-order valence-corrected chi connectivity index (χ0v) is 12.5. The summed E-state index contributed by atoms with van der Waals surface area (Å²) in [4.78, 5) is 12.1. The molecule has 2 aromatic heterocycles. The molecule has 0 saturated heterocycles. The van der Waals surface area contributed by atoms with E-state index in [1.54, 1.807) is 12.3 Å². The van der Waals surface area contributed by atoms with Crippen molar-refractivity contribution in [2.75, 3.05) is 0 Å². The molecule has 7 heteroatoms. The number of allylic oxidation sites excluding steroid dienone is 1. The van der Waals surface area contributed by atoms with Gasteiger partial charge in [0.15, 0.2) is 0 Å². The minimum atomic E-state index is -2.84. The van der Waals surface area contributed by atoms with Crippen LogP contribution in [0.3, 0.4) is 0 Å². The van der Waals surface area contributed by atoms with Crippen molar-refractivity contribution in [3.63, 3.8) is 0 Å². The largest absolute Gasteiger partial charge is 0.415 e. The highest BCUT2D eigenvalue weighted by molar-refractivity contribution is 5.51. The van der Waals surface area contributed by atoms with Gasteiger partial charge < -0.3 is 8.98 Å². The van der Waals surface area contributed by atoms with E-state index in [1.165, 1.54) is 10.6 Å². The standard InChI is InChI=1S/C17H13F2N3O2/c18-15(19)17-21-20-16(24-17)13-8-10-22(14(23)11-13)9-4-7-12-5-2-1-3-6-12/h1-8,10-11,15H,9H2. The quantitative estimate of drug-likeness (QED) is 0.718. The summed E-state index contributed by atoms with van der Waals surface area (Å²) in [5.74, 6) is -0.866. The van der Waals surface area contributed by atoms with E-state index in [4.69, 9.17) is 4.42 Å². The molecule has 0 atom stereocenters. The molecule has 0 radical (unpaired) electrons. The van der Waals surface area contributed by atoms with Crippen molar-refractivity contribution in [1.82, 2.24) is 14.8 Å². The number of benzene rings is 1. The molecule has 122 valence electrons. The fourth-order valence-electron chi connectivity index (χ4n) is 2.10. The Morgan fingerprint density at radius 1 is 1.17 bits per heavy atom. The van der Waals surface area contributed by atoms with Gasteiger partial charge in [0, 0.05) is 24.4 Å². The second-order valence-electron chi connectivity index (χ2n) is 4.97. The van der Waals surface area contributed by atoms with E-state index in [0.29, 0.717) is 12.1 Å².